The van der Waals surface area contributed by atoms with Crippen molar-refractivity contribution < 1.29 is 9.47 Å². The maximum absolute atomic E-state index is 5.34. The Balaban J connectivity index is 0.00000243. The Bertz CT molecular complexity index is 849. The van der Waals surface area contributed by atoms with Gasteiger partial charge < -0.3 is 20.1 Å². The zero-order chi connectivity index (χ0) is 17.6. The summed E-state index contributed by atoms with van der Waals surface area (Å²) in [7, 11) is 3.23. The van der Waals surface area contributed by atoms with Crippen molar-refractivity contribution >= 4 is 51.9 Å². The average molecular weight is 487 g/mol. The van der Waals surface area contributed by atoms with Crippen molar-refractivity contribution in [1.82, 2.24) is 14.7 Å². The zero-order valence-electron chi connectivity index (χ0n) is 14.9. The number of nitrogens with zero attached hydrogens (tertiary/aromatic N) is 3. The van der Waals surface area contributed by atoms with Crippen LogP contribution in [-0.2, 0) is 6.54 Å². The van der Waals surface area contributed by atoms with Crippen LogP contribution >= 0.6 is 35.3 Å². The minimum Gasteiger partial charge on any atom is -0.493 e. The minimum atomic E-state index is 0. The second-order valence-corrected chi connectivity index (χ2v) is 6.09. The molecule has 0 saturated heterocycles. The highest BCUT2D eigenvalue weighted by Gasteiger charge is 2.07. The third kappa shape index (κ3) is 4.79. The summed E-state index contributed by atoms with van der Waals surface area (Å²) in [6.45, 7) is 3.28. The standard InChI is InChI=1S/C17H21N5O2S.HI/c1-4-18-16(19-10-13-11-22-7-8-25-17(22)21-13)20-12-5-6-14(23-2)15(9-12)24-3;/h5-9,11H,4,10H2,1-3H3,(H2,18,19,20);1H. The molecule has 0 aliphatic carbocycles. The third-order valence-corrected chi connectivity index (χ3v) is 4.30. The number of hydrogen-bond acceptors (Lipinski definition) is 5. The lowest BCUT2D eigenvalue weighted by atomic mass is 10.3. The van der Waals surface area contributed by atoms with Gasteiger partial charge in [0.1, 0.15) is 0 Å². The van der Waals surface area contributed by atoms with E-state index in [0.717, 1.165) is 22.9 Å². The maximum Gasteiger partial charge on any atom is 0.196 e. The van der Waals surface area contributed by atoms with Gasteiger partial charge in [-0.05, 0) is 19.1 Å². The molecule has 2 aromatic heterocycles. The molecule has 0 amide bonds. The van der Waals surface area contributed by atoms with E-state index < -0.39 is 0 Å². The molecule has 0 aliphatic rings. The summed E-state index contributed by atoms with van der Waals surface area (Å²) in [4.78, 5) is 10.1. The molecule has 0 atom stereocenters. The lowest BCUT2D eigenvalue weighted by Gasteiger charge is -2.13. The Hall–Kier alpha value is -2.01. The first-order chi connectivity index (χ1) is 12.2. The predicted molar refractivity (Wildman–Crippen MR) is 116 cm³/mol. The molecular formula is C17H22IN5O2S. The van der Waals surface area contributed by atoms with Gasteiger partial charge in [0.05, 0.1) is 26.5 Å². The van der Waals surface area contributed by atoms with E-state index in [1.54, 1.807) is 25.6 Å². The first-order valence-electron chi connectivity index (χ1n) is 7.92. The third-order valence-electron chi connectivity index (χ3n) is 3.53. The van der Waals surface area contributed by atoms with E-state index in [9.17, 15) is 0 Å². The number of guanidine groups is 1. The van der Waals surface area contributed by atoms with E-state index >= 15 is 0 Å². The number of aromatic nitrogens is 2. The van der Waals surface area contributed by atoms with Crippen LogP contribution in [0.4, 0.5) is 5.69 Å². The minimum absolute atomic E-state index is 0. The summed E-state index contributed by atoms with van der Waals surface area (Å²) < 4.78 is 12.6. The topological polar surface area (TPSA) is 72.2 Å². The number of ether oxygens (including phenoxy) is 2. The van der Waals surface area contributed by atoms with E-state index in [1.165, 1.54) is 0 Å². The number of nitrogens with one attached hydrogen (secondary N) is 2. The second-order valence-electron chi connectivity index (χ2n) is 5.22. The Morgan fingerprint density at radius 3 is 2.77 bits per heavy atom. The molecule has 2 N–H and O–H groups in total. The summed E-state index contributed by atoms with van der Waals surface area (Å²) in [5.74, 6) is 2.04. The molecule has 7 nitrogen and oxygen atoms in total. The molecule has 2 heterocycles. The van der Waals surface area contributed by atoms with Crippen LogP contribution in [0.1, 0.15) is 12.6 Å². The van der Waals surface area contributed by atoms with E-state index in [0.29, 0.717) is 24.0 Å². The second kappa shape index (κ2) is 9.62. The number of benzene rings is 1. The Kier molecular flexibility index (Phi) is 7.51. The summed E-state index contributed by atoms with van der Waals surface area (Å²) in [6.07, 6.45) is 3.99. The normalized spacial score (nSPS) is 11.1. The molecule has 0 spiro atoms. The van der Waals surface area contributed by atoms with Crippen LogP contribution in [0.25, 0.3) is 4.96 Å². The predicted octanol–water partition coefficient (Wildman–Crippen LogP) is 3.61. The fraction of sp³-hybridized carbons (Fsp3) is 0.294. The lowest BCUT2D eigenvalue weighted by Crippen LogP contribution is -2.30. The monoisotopic (exact) mass is 487 g/mol. The van der Waals surface area contributed by atoms with Gasteiger partial charge in [-0.25, -0.2) is 9.98 Å². The molecule has 140 valence electrons. The Labute approximate surface area is 173 Å². The van der Waals surface area contributed by atoms with Gasteiger partial charge in [0.15, 0.2) is 22.4 Å². The highest BCUT2D eigenvalue weighted by atomic mass is 127. The van der Waals surface area contributed by atoms with Crippen LogP contribution in [0, 0.1) is 0 Å². The fourth-order valence-corrected chi connectivity index (χ4v) is 3.09. The molecule has 0 bridgehead atoms. The molecule has 3 aromatic rings. The quantitative estimate of drug-likeness (QED) is 0.316. The molecule has 1 aromatic carbocycles. The number of thiazole rings is 1. The molecule has 0 radical (unpaired) electrons. The van der Waals surface area contributed by atoms with E-state index in [2.05, 4.69) is 20.6 Å². The zero-order valence-corrected chi connectivity index (χ0v) is 18.0. The van der Waals surface area contributed by atoms with Gasteiger partial charge in [-0.1, -0.05) is 0 Å². The number of imidazole rings is 1. The molecule has 9 heteroatoms. The van der Waals surface area contributed by atoms with Crippen LogP contribution in [0.2, 0.25) is 0 Å². The van der Waals surface area contributed by atoms with Crippen LogP contribution in [0.3, 0.4) is 0 Å². The Morgan fingerprint density at radius 2 is 2.08 bits per heavy atom. The van der Waals surface area contributed by atoms with Crippen LogP contribution in [-0.4, -0.2) is 36.1 Å². The molecule has 0 unspecified atom stereocenters. The van der Waals surface area contributed by atoms with Crippen molar-refractivity contribution in [2.24, 2.45) is 4.99 Å². The number of fused-ring (bicyclic) bond motifs is 1. The van der Waals surface area contributed by atoms with Gasteiger partial charge in [-0.2, -0.15) is 0 Å². The molecule has 26 heavy (non-hydrogen) atoms. The smallest absolute Gasteiger partial charge is 0.196 e. The number of methoxy groups -OCH3 is 2. The first-order valence-corrected chi connectivity index (χ1v) is 8.80. The number of halogens is 1. The highest BCUT2D eigenvalue weighted by Crippen LogP contribution is 2.29. The lowest BCUT2D eigenvalue weighted by molar-refractivity contribution is 0.355. The van der Waals surface area contributed by atoms with Gasteiger partial charge in [-0.3, -0.25) is 4.40 Å². The number of anilines is 1. The SMILES string of the molecule is CCNC(=NCc1cn2ccsc2n1)Nc1ccc(OC)c(OC)c1.I. The Morgan fingerprint density at radius 1 is 1.27 bits per heavy atom. The van der Waals surface area contributed by atoms with Gasteiger partial charge in [-0.15, -0.1) is 35.3 Å². The van der Waals surface area contributed by atoms with E-state index in [-0.39, 0.29) is 24.0 Å². The van der Waals surface area contributed by atoms with Crippen molar-refractivity contribution in [2.75, 3.05) is 26.1 Å². The van der Waals surface area contributed by atoms with Crippen LogP contribution in [0.5, 0.6) is 11.5 Å². The highest BCUT2D eigenvalue weighted by molar-refractivity contribution is 14.0. The fourth-order valence-electron chi connectivity index (χ4n) is 2.37. The first kappa shape index (κ1) is 20.3. The van der Waals surface area contributed by atoms with Crippen molar-refractivity contribution in [3.8, 4) is 11.5 Å². The van der Waals surface area contributed by atoms with Gasteiger partial charge >= 0.3 is 0 Å². The largest absolute Gasteiger partial charge is 0.493 e. The van der Waals surface area contributed by atoms with Gasteiger partial charge in [0.2, 0.25) is 0 Å². The van der Waals surface area contributed by atoms with Crippen LogP contribution < -0.4 is 20.1 Å². The van der Waals surface area contributed by atoms with Gasteiger partial charge in [0.25, 0.3) is 0 Å². The number of aliphatic imine (C=N–C) groups is 1. The summed E-state index contributed by atoms with van der Waals surface area (Å²) in [5, 5.41) is 8.52. The van der Waals surface area contributed by atoms with Crippen molar-refractivity contribution in [3.05, 3.63) is 41.7 Å². The summed E-state index contributed by atoms with van der Waals surface area (Å²) in [5.41, 5.74) is 1.79. The number of hydrogen-bond donors (Lipinski definition) is 2. The molecule has 0 fully saturated rings. The summed E-state index contributed by atoms with van der Waals surface area (Å²) >= 11 is 1.61. The number of rotatable bonds is 6. The molecule has 3 rings (SSSR count). The molecule has 0 saturated carbocycles. The summed E-state index contributed by atoms with van der Waals surface area (Å²) in [6, 6.07) is 5.65. The van der Waals surface area contributed by atoms with Crippen LogP contribution in [0.15, 0.2) is 41.0 Å². The van der Waals surface area contributed by atoms with Crippen molar-refractivity contribution in [1.29, 1.82) is 0 Å². The molecular weight excluding hydrogens is 465 g/mol. The maximum atomic E-state index is 5.34. The van der Waals surface area contributed by atoms with Crippen molar-refractivity contribution in [2.45, 2.75) is 13.5 Å². The van der Waals surface area contributed by atoms with E-state index in [4.69, 9.17) is 9.47 Å². The van der Waals surface area contributed by atoms with Crippen molar-refractivity contribution in [3.63, 3.8) is 0 Å². The van der Waals surface area contributed by atoms with Gasteiger partial charge in [0, 0.05) is 36.1 Å². The average Bonchev–Trinajstić information content (AvgIpc) is 3.21. The van der Waals surface area contributed by atoms with E-state index in [1.807, 2.05) is 47.3 Å². The molecule has 0 aliphatic heterocycles.